The molecule has 0 aliphatic rings. The topological polar surface area (TPSA) is 54.0 Å². The molecule has 0 aliphatic carbocycles. The summed E-state index contributed by atoms with van der Waals surface area (Å²) >= 11 is 3.45. The Morgan fingerprint density at radius 3 is 2.75 bits per heavy atom. The standard InChI is InChI=1S/C15H16BrN3O/c1-3-17-11-6-7-18-14(9-11)15(20)19-12-5-4-10(2)13(16)8-12/h4-9H,3H2,1-2H3,(H,17,18)(H,19,20). The van der Waals surface area contributed by atoms with E-state index in [1.807, 2.05) is 38.1 Å². The number of aryl methyl sites for hydroxylation is 1. The molecule has 0 bridgehead atoms. The molecule has 2 aromatic rings. The van der Waals surface area contributed by atoms with E-state index in [1.54, 1.807) is 12.3 Å². The molecule has 1 aromatic carbocycles. The zero-order chi connectivity index (χ0) is 14.5. The molecule has 104 valence electrons. The number of halogens is 1. The van der Waals surface area contributed by atoms with Crippen LogP contribution >= 0.6 is 15.9 Å². The van der Waals surface area contributed by atoms with Gasteiger partial charge in [0.1, 0.15) is 5.69 Å². The lowest BCUT2D eigenvalue weighted by Gasteiger charge is -2.08. The number of benzene rings is 1. The molecule has 2 N–H and O–H groups in total. The normalized spacial score (nSPS) is 10.2. The lowest BCUT2D eigenvalue weighted by Crippen LogP contribution is -2.14. The van der Waals surface area contributed by atoms with Gasteiger partial charge in [0.05, 0.1) is 0 Å². The first-order valence-corrected chi connectivity index (χ1v) is 7.17. The zero-order valence-corrected chi connectivity index (χ0v) is 13.0. The highest BCUT2D eigenvalue weighted by atomic mass is 79.9. The highest BCUT2D eigenvalue weighted by Crippen LogP contribution is 2.21. The van der Waals surface area contributed by atoms with Crippen molar-refractivity contribution in [3.05, 3.63) is 52.3 Å². The van der Waals surface area contributed by atoms with Crippen LogP contribution in [0.3, 0.4) is 0 Å². The average Bonchev–Trinajstić information content (AvgIpc) is 2.43. The molecular weight excluding hydrogens is 318 g/mol. The molecular formula is C15H16BrN3O. The Bertz CT molecular complexity index is 628. The molecule has 0 saturated carbocycles. The third-order valence-electron chi connectivity index (χ3n) is 2.80. The van der Waals surface area contributed by atoms with Crippen LogP contribution in [0.1, 0.15) is 23.0 Å². The summed E-state index contributed by atoms with van der Waals surface area (Å²) in [4.78, 5) is 16.2. The molecule has 1 aromatic heterocycles. The van der Waals surface area contributed by atoms with E-state index in [4.69, 9.17) is 0 Å². The summed E-state index contributed by atoms with van der Waals surface area (Å²) in [6.07, 6.45) is 1.62. The van der Waals surface area contributed by atoms with Gasteiger partial charge in [-0.2, -0.15) is 0 Å². The number of carbonyl (C=O) groups is 1. The van der Waals surface area contributed by atoms with Crippen LogP contribution in [0.15, 0.2) is 41.0 Å². The van der Waals surface area contributed by atoms with Crippen molar-refractivity contribution >= 4 is 33.2 Å². The highest BCUT2D eigenvalue weighted by Gasteiger charge is 2.09. The van der Waals surface area contributed by atoms with Crippen molar-refractivity contribution in [2.45, 2.75) is 13.8 Å². The maximum Gasteiger partial charge on any atom is 0.274 e. The van der Waals surface area contributed by atoms with Gasteiger partial charge < -0.3 is 10.6 Å². The molecule has 0 atom stereocenters. The van der Waals surface area contributed by atoms with Gasteiger partial charge in [0.25, 0.3) is 5.91 Å². The van der Waals surface area contributed by atoms with Gasteiger partial charge in [-0.1, -0.05) is 22.0 Å². The van der Waals surface area contributed by atoms with Crippen LogP contribution in [0.25, 0.3) is 0 Å². The van der Waals surface area contributed by atoms with Gasteiger partial charge in [0.15, 0.2) is 0 Å². The zero-order valence-electron chi connectivity index (χ0n) is 11.4. The molecule has 4 nitrogen and oxygen atoms in total. The second kappa shape index (κ2) is 6.52. The molecule has 0 unspecified atom stereocenters. The van der Waals surface area contributed by atoms with Crippen LogP contribution in [0, 0.1) is 6.92 Å². The molecule has 1 amide bonds. The van der Waals surface area contributed by atoms with E-state index in [0.29, 0.717) is 5.69 Å². The fourth-order valence-corrected chi connectivity index (χ4v) is 2.11. The van der Waals surface area contributed by atoms with Crippen LogP contribution in [0.4, 0.5) is 11.4 Å². The largest absolute Gasteiger partial charge is 0.385 e. The minimum atomic E-state index is -0.222. The van der Waals surface area contributed by atoms with Gasteiger partial charge in [0.2, 0.25) is 0 Å². The highest BCUT2D eigenvalue weighted by molar-refractivity contribution is 9.10. The molecule has 2 rings (SSSR count). The number of hydrogen-bond acceptors (Lipinski definition) is 3. The molecule has 0 saturated heterocycles. The molecule has 0 fully saturated rings. The Morgan fingerprint density at radius 2 is 2.05 bits per heavy atom. The number of hydrogen-bond donors (Lipinski definition) is 2. The third-order valence-corrected chi connectivity index (χ3v) is 3.66. The number of carbonyl (C=O) groups excluding carboxylic acids is 1. The van der Waals surface area contributed by atoms with Crippen molar-refractivity contribution in [2.24, 2.45) is 0 Å². The maximum atomic E-state index is 12.2. The first kappa shape index (κ1) is 14.5. The van der Waals surface area contributed by atoms with Crippen LogP contribution in [0.5, 0.6) is 0 Å². The minimum Gasteiger partial charge on any atom is -0.385 e. The van der Waals surface area contributed by atoms with Crippen LogP contribution in [-0.2, 0) is 0 Å². The predicted octanol–water partition coefficient (Wildman–Crippen LogP) is 3.84. The maximum absolute atomic E-state index is 12.2. The summed E-state index contributed by atoms with van der Waals surface area (Å²) in [6.45, 7) is 4.80. The lowest BCUT2D eigenvalue weighted by molar-refractivity contribution is 0.102. The van der Waals surface area contributed by atoms with Gasteiger partial charge in [0, 0.05) is 28.6 Å². The monoisotopic (exact) mass is 333 g/mol. The first-order chi connectivity index (χ1) is 9.60. The Balaban J connectivity index is 2.15. The van der Waals surface area contributed by atoms with Crippen LogP contribution in [0.2, 0.25) is 0 Å². The van der Waals surface area contributed by atoms with E-state index in [9.17, 15) is 4.79 Å². The van der Waals surface area contributed by atoms with Gasteiger partial charge in [-0.15, -0.1) is 0 Å². The van der Waals surface area contributed by atoms with Crippen molar-refractivity contribution in [3.63, 3.8) is 0 Å². The molecule has 0 aliphatic heterocycles. The quantitative estimate of drug-likeness (QED) is 0.893. The SMILES string of the molecule is CCNc1ccnc(C(=O)Nc2ccc(C)c(Br)c2)c1. The molecule has 0 spiro atoms. The molecule has 0 radical (unpaired) electrons. The number of pyridine rings is 1. The van der Waals surface area contributed by atoms with E-state index >= 15 is 0 Å². The predicted molar refractivity (Wildman–Crippen MR) is 85.2 cm³/mol. The van der Waals surface area contributed by atoms with E-state index < -0.39 is 0 Å². The number of rotatable bonds is 4. The van der Waals surface area contributed by atoms with Crippen molar-refractivity contribution < 1.29 is 4.79 Å². The Hall–Kier alpha value is -1.88. The van der Waals surface area contributed by atoms with E-state index in [1.165, 1.54) is 0 Å². The fourth-order valence-electron chi connectivity index (χ4n) is 1.73. The Morgan fingerprint density at radius 1 is 1.25 bits per heavy atom. The van der Waals surface area contributed by atoms with E-state index in [-0.39, 0.29) is 5.91 Å². The summed E-state index contributed by atoms with van der Waals surface area (Å²) in [6, 6.07) is 9.26. The van der Waals surface area contributed by atoms with Crippen molar-refractivity contribution in [1.29, 1.82) is 0 Å². The number of nitrogens with one attached hydrogen (secondary N) is 2. The van der Waals surface area contributed by atoms with Crippen molar-refractivity contribution in [2.75, 3.05) is 17.2 Å². The van der Waals surface area contributed by atoms with Gasteiger partial charge in [-0.05, 0) is 43.7 Å². The Kier molecular flexibility index (Phi) is 4.74. The number of anilines is 2. The average molecular weight is 334 g/mol. The van der Waals surface area contributed by atoms with Crippen molar-refractivity contribution in [3.8, 4) is 0 Å². The third kappa shape index (κ3) is 3.57. The van der Waals surface area contributed by atoms with Gasteiger partial charge >= 0.3 is 0 Å². The van der Waals surface area contributed by atoms with Crippen LogP contribution < -0.4 is 10.6 Å². The summed E-state index contributed by atoms with van der Waals surface area (Å²) in [5.41, 5.74) is 3.14. The second-order valence-corrected chi connectivity index (χ2v) is 5.23. The van der Waals surface area contributed by atoms with Crippen molar-refractivity contribution in [1.82, 2.24) is 4.98 Å². The lowest BCUT2D eigenvalue weighted by atomic mass is 10.2. The first-order valence-electron chi connectivity index (χ1n) is 6.37. The van der Waals surface area contributed by atoms with E-state index in [0.717, 1.165) is 28.0 Å². The van der Waals surface area contributed by atoms with E-state index in [2.05, 4.69) is 31.5 Å². The van der Waals surface area contributed by atoms with Gasteiger partial charge in [-0.3, -0.25) is 9.78 Å². The smallest absolute Gasteiger partial charge is 0.274 e. The molecule has 20 heavy (non-hydrogen) atoms. The van der Waals surface area contributed by atoms with Crippen LogP contribution in [-0.4, -0.2) is 17.4 Å². The number of aromatic nitrogens is 1. The fraction of sp³-hybridized carbons (Fsp3) is 0.200. The Labute approximate surface area is 126 Å². The number of nitrogens with zero attached hydrogens (tertiary/aromatic N) is 1. The van der Waals surface area contributed by atoms with Gasteiger partial charge in [-0.25, -0.2) is 0 Å². The summed E-state index contributed by atoms with van der Waals surface area (Å²) < 4.78 is 0.963. The second-order valence-electron chi connectivity index (χ2n) is 4.38. The summed E-state index contributed by atoms with van der Waals surface area (Å²) in [5.74, 6) is -0.222. The minimum absolute atomic E-state index is 0.222. The molecule has 5 heteroatoms. The molecule has 1 heterocycles. The number of amides is 1. The summed E-state index contributed by atoms with van der Waals surface area (Å²) in [5, 5.41) is 5.99. The summed E-state index contributed by atoms with van der Waals surface area (Å²) in [7, 11) is 0.